The van der Waals surface area contributed by atoms with E-state index in [1.165, 1.54) is 0 Å². The molecule has 0 aliphatic carbocycles. The third-order valence-corrected chi connectivity index (χ3v) is 5.28. The van der Waals surface area contributed by atoms with Gasteiger partial charge in [-0.2, -0.15) is 0 Å². The van der Waals surface area contributed by atoms with E-state index in [4.69, 9.17) is 23.7 Å². The van der Waals surface area contributed by atoms with Crippen molar-refractivity contribution in [1.82, 2.24) is 5.32 Å². The summed E-state index contributed by atoms with van der Waals surface area (Å²) in [6.45, 7) is 5.17. The van der Waals surface area contributed by atoms with Crippen molar-refractivity contribution in [1.29, 1.82) is 0 Å². The van der Waals surface area contributed by atoms with Crippen LogP contribution in [0.2, 0.25) is 0 Å². The number of aliphatic carboxylic acids is 1. The van der Waals surface area contributed by atoms with Crippen molar-refractivity contribution in [3.05, 3.63) is 0 Å². The number of carbonyl (C=O) groups is 6. The molecule has 186 valence electrons. The van der Waals surface area contributed by atoms with Crippen molar-refractivity contribution in [2.45, 2.75) is 70.5 Å². The molecule has 0 aromatic heterocycles. The van der Waals surface area contributed by atoms with Crippen molar-refractivity contribution in [3.63, 3.8) is 0 Å². The van der Waals surface area contributed by atoms with Crippen LogP contribution in [0.3, 0.4) is 0 Å². The maximum absolute atomic E-state index is 11.8. The van der Waals surface area contributed by atoms with E-state index < -0.39 is 78.3 Å². The molecule has 0 radical (unpaired) electrons. The average molecular weight is 493 g/mol. The Morgan fingerprint density at radius 3 is 1.82 bits per heavy atom. The van der Waals surface area contributed by atoms with Gasteiger partial charge in [0.1, 0.15) is 24.2 Å². The first kappa shape index (κ1) is 28.2. The van der Waals surface area contributed by atoms with Gasteiger partial charge in [0.05, 0.1) is 0 Å². The van der Waals surface area contributed by atoms with Gasteiger partial charge >= 0.3 is 29.8 Å². The molecule has 0 bridgehead atoms. The second-order valence-electron chi connectivity index (χ2n) is 6.99. The molecule has 1 amide bonds. The molecule has 1 aliphatic rings. The highest BCUT2D eigenvalue weighted by Gasteiger charge is 2.52. The predicted octanol–water partition coefficient (Wildman–Crippen LogP) is -0.608. The Balaban J connectivity index is 3.31. The molecule has 6 atom stereocenters. The Bertz CT molecular complexity index is 772. The average Bonchev–Trinajstić information content (AvgIpc) is 2.66. The topological polar surface area (TPSA) is 181 Å². The van der Waals surface area contributed by atoms with E-state index in [9.17, 15) is 33.9 Å². The number of thioether (sulfide) groups is 1. The number of ether oxygens (including phenoxy) is 5. The van der Waals surface area contributed by atoms with E-state index in [-0.39, 0.29) is 5.75 Å². The maximum atomic E-state index is 11.8. The molecule has 0 saturated carbocycles. The fraction of sp³-hybridized carbons (Fsp3) is 0.684. The summed E-state index contributed by atoms with van der Waals surface area (Å²) in [7, 11) is 0. The van der Waals surface area contributed by atoms with Crippen molar-refractivity contribution >= 4 is 47.5 Å². The number of esters is 4. The molecule has 1 aliphatic heterocycles. The summed E-state index contributed by atoms with van der Waals surface area (Å²) < 4.78 is 26.6. The van der Waals surface area contributed by atoms with Gasteiger partial charge in [0.2, 0.25) is 5.91 Å². The summed E-state index contributed by atoms with van der Waals surface area (Å²) in [6.07, 6.45) is -5.12. The number of carboxylic acid groups (broad SMARTS) is 1. The fourth-order valence-electron chi connectivity index (χ4n) is 2.93. The number of hydrogen-bond acceptors (Lipinski definition) is 12. The normalized spacial score (nSPS) is 25.2. The molecule has 1 saturated heterocycles. The highest BCUT2D eigenvalue weighted by molar-refractivity contribution is 7.99. The van der Waals surface area contributed by atoms with Crippen molar-refractivity contribution in [2.75, 3.05) is 12.4 Å². The summed E-state index contributed by atoms with van der Waals surface area (Å²) in [5.74, 6) is -5.10. The molecule has 1 fully saturated rings. The smallest absolute Gasteiger partial charge is 0.327 e. The van der Waals surface area contributed by atoms with Gasteiger partial charge in [-0.1, -0.05) is 0 Å². The minimum absolute atomic E-state index is 0.220. The van der Waals surface area contributed by atoms with Crippen LogP contribution >= 0.6 is 11.8 Å². The number of hydrogen-bond donors (Lipinski definition) is 2. The van der Waals surface area contributed by atoms with Gasteiger partial charge in [-0.3, -0.25) is 24.0 Å². The predicted molar refractivity (Wildman–Crippen MR) is 110 cm³/mol. The first-order chi connectivity index (χ1) is 15.3. The summed E-state index contributed by atoms with van der Waals surface area (Å²) in [4.78, 5) is 69.3. The third-order valence-electron chi connectivity index (χ3n) is 4.05. The molecular formula is C19H27NO12S. The largest absolute Gasteiger partial charge is 0.480 e. The Hall–Kier alpha value is -2.87. The molecule has 0 aromatic carbocycles. The molecular weight excluding hydrogens is 466 g/mol. The number of rotatable bonds is 10. The molecule has 0 spiro atoms. The van der Waals surface area contributed by atoms with Crippen LogP contribution < -0.4 is 5.32 Å². The number of carbonyl (C=O) groups excluding carboxylic acids is 5. The molecule has 14 heteroatoms. The van der Waals surface area contributed by atoms with Gasteiger partial charge in [0.15, 0.2) is 18.3 Å². The molecule has 13 nitrogen and oxygen atoms in total. The van der Waals surface area contributed by atoms with Crippen LogP contribution in [-0.2, 0) is 52.5 Å². The Morgan fingerprint density at radius 2 is 1.36 bits per heavy atom. The monoisotopic (exact) mass is 493 g/mol. The Kier molecular flexibility index (Phi) is 11.1. The number of carboxylic acids is 1. The van der Waals surface area contributed by atoms with Gasteiger partial charge in [-0.05, 0) is 0 Å². The van der Waals surface area contributed by atoms with E-state index in [1.807, 2.05) is 0 Å². The second-order valence-corrected chi connectivity index (χ2v) is 8.12. The van der Waals surface area contributed by atoms with Gasteiger partial charge in [0.25, 0.3) is 0 Å². The van der Waals surface area contributed by atoms with Crippen LogP contribution in [0.15, 0.2) is 0 Å². The van der Waals surface area contributed by atoms with Crippen LogP contribution in [0.25, 0.3) is 0 Å². The lowest BCUT2D eigenvalue weighted by Gasteiger charge is -2.44. The van der Waals surface area contributed by atoms with Crippen LogP contribution in [0.1, 0.15) is 34.6 Å². The fourth-order valence-corrected chi connectivity index (χ4v) is 4.16. The molecule has 0 aromatic rings. The second kappa shape index (κ2) is 13.0. The zero-order chi connectivity index (χ0) is 25.3. The summed E-state index contributed by atoms with van der Waals surface area (Å²) in [5.41, 5.74) is -1.14. The zero-order valence-electron chi connectivity index (χ0n) is 18.7. The van der Waals surface area contributed by atoms with Gasteiger partial charge in [0, 0.05) is 40.4 Å². The minimum atomic E-state index is -1.36. The van der Waals surface area contributed by atoms with Crippen LogP contribution in [0, 0.1) is 0 Å². The van der Waals surface area contributed by atoms with Gasteiger partial charge < -0.3 is 34.1 Å². The SMILES string of the molecule is CC(=O)N[C@@H](CS[C@@H]1O[C@H](COC(C)=O)[C@@H](OC(C)=O)[C@H](OC(C)=O)[C@H]1OC(C)=O)C(=O)O. The maximum Gasteiger partial charge on any atom is 0.327 e. The van der Waals surface area contributed by atoms with Gasteiger partial charge in [-0.15, -0.1) is 11.8 Å². The molecule has 33 heavy (non-hydrogen) atoms. The molecule has 1 heterocycles. The first-order valence-corrected chi connectivity index (χ1v) is 10.8. The molecule has 1 rings (SSSR count). The highest BCUT2D eigenvalue weighted by atomic mass is 32.2. The Morgan fingerprint density at radius 1 is 0.848 bits per heavy atom. The van der Waals surface area contributed by atoms with E-state index in [0.717, 1.165) is 46.4 Å². The van der Waals surface area contributed by atoms with E-state index in [1.54, 1.807) is 0 Å². The standard InChI is InChI=1S/C19H27NO12S/c1-8(21)20-13(18(26)27)7-33-19-17(31-12(5)25)16(30-11(4)24)15(29-10(3)23)14(32-19)6-28-9(2)22/h13-17,19H,6-7H2,1-5H3,(H,20,21)(H,26,27)/t13-,14+,15+,16-,17+,19-/m0/s1. The third kappa shape index (κ3) is 9.65. The summed E-state index contributed by atoms with van der Waals surface area (Å²) in [5, 5.41) is 11.6. The lowest BCUT2D eigenvalue weighted by molar-refractivity contribution is -0.237. The van der Waals surface area contributed by atoms with Gasteiger partial charge in [-0.25, -0.2) is 4.79 Å². The van der Waals surface area contributed by atoms with Crippen molar-refractivity contribution in [2.24, 2.45) is 0 Å². The highest BCUT2D eigenvalue weighted by Crippen LogP contribution is 2.34. The molecule has 2 N–H and O–H groups in total. The zero-order valence-corrected chi connectivity index (χ0v) is 19.5. The van der Waals surface area contributed by atoms with E-state index in [0.29, 0.717) is 0 Å². The number of nitrogens with one attached hydrogen (secondary N) is 1. The number of amides is 1. The van der Waals surface area contributed by atoms with Crippen LogP contribution in [0.4, 0.5) is 0 Å². The lowest BCUT2D eigenvalue weighted by atomic mass is 9.99. The van der Waals surface area contributed by atoms with Crippen LogP contribution in [0.5, 0.6) is 0 Å². The summed E-state index contributed by atoms with van der Waals surface area (Å²) in [6, 6.07) is -1.31. The van der Waals surface area contributed by atoms with E-state index in [2.05, 4.69) is 5.32 Å². The Labute approximate surface area is 193 Å². The molecule has 0 unspecified atom stereocenters. The minimum Gasteiger partial charge on any atom is -0.480 e. The quantitative estimate of drug-likeness (QED) is 0.291. The van der Waals surface area contributed by atoms with Crippen molar-refractivity contribution < 1.29 is 57.6 Å². The lowest BCUT2D eigenvalue weighted by Crippen LogP contribution is -2.61. The van der Waals surface area contributed by atoms with Crippen molar-refractivity contribution in [3.8, 4) is 0 Å². The van der Waals surface area contributed by atoms with Crippen LogP contribution in [-0.4, -0.2) is 89.1 Å². The summed E-state index contributed by atoms with van der Waals surface area (Å²) >= 11 is 0.848. The van der Waals surface area contributed by atoms with E-state index >= 15 is 0 Å². The first-order valence-electron chi connectivity index (χ1n) is 9.73.